The number of ether oxygens (including phenoxy) is 1. The number of aliphatic hydroxyl groups excluding tert-OH is 2. The van der Waals surface area contributed by atoms with E-state index in [9.17, 15) is 29.7 Å². The predicted molar refractivity (Wildman–Crippen MR) is 102 cm³/mol. The van der Waals surface area contributed by atoms with Crippen molar-refractivity contribution in [2.24, 2.45) is 0 Å². The minimum Gasteiger partial charge on any atom is -0.507 e. The topological polar surface area (TPSA) is 133 Å². The van der Waals surface area contributed by atoms with Crippen molar-refractivity contribution < 1.29 is 34.4 Å². The molecular formula is C20H23NO7. The van der Waals surface area contributed by atoms with E-state index in [0.717, 1.165) is 6.08 Å². The van der Waals surface area contributed by atoms with Gasteiger partial charge in [0, 0.05) is 18.2 Å². The Kier molecular flexibility index (Phi) is 7.48. The number of carbonyl (C=O) groups excluding carboxylic acids is 3. The van der Waals surface area contributed by atoms with Gasteiger partial charge in [-0.15, -0.1) is 0 Å². The lowest BCUT2D eigenvalue weighted by atomic mass is 10.0. The molecule has 1 aromatic rings. The summed E-state index contributed by atoms with van der Waals surface area (Å²) in [5.41, 5.74) is 0.645. The molecular weight excluding hydrogens is 366 g/mol. The molecule has 28 heavy (non-hydrogen) atoms. The van der Waals surface area contributed by atoms with Gasteiger partial charge < -0.3 is 30.2 Å². The lowest BCUT2D eigenvalue weighted by Gasteiger charge is -2.17. The maximum Gasteiger partial charge on any atom is 0.342 e. The van der Waals surface area contributed by atoms with Crippen LogP contribution in [-0.2, 0) is 14.3 Å². The van der Waals surface area contributed by atoms with Gasteiger partial charge in [-0.3, -0.25) is 4.79 Å². The SMILES string of the molecule is CC1C/C=C\C(=O)C(O)C(O)C/C=C/c2cc(NCC=O)cc(O)c2C(=O)O1. The van der Waals surface area contributed by atoms with Crippen LogP contribution in [0, 0.1) is 0 Å². The normalized spacial score (nSPS) is 25.8. The minimum absolute atomic E-state index is 0.0166. The number of rotatable bonds is 3. The lowest BCUT2D eigenvalue weighted by molar-refractivity contribution is -0.127. The maximum absolute atomic E-state index is 12.5. The van der Waals surface area contributed by atoms with E-state index in [4.69, 9.17) is 4.74 Å². The number of hydrogen-bond acceptors (Lipinski definition) is 8. The number of hydrogen-bond donors (Lipinski definition) is 4. The number of benzene rings is 1. The third kappa shape index (κ3) is 5.51. The van der Waals surface area contributed by atoms with E-state index in [1.54, 1.807) is 13.0 Å². The smallest absolute Gasteiger partial charge is 0.342 e. The Morgan fingerprint density at radius 2 is 1.89 bits per heavy atom. The number of ketones is 1. The van der Waals surface area contributed by atoms with Crippen LogP contribution in [0.4, 0.5) is 5.69 Å². The van der Waals surface area contributed by atoms with Gasteiger partial charge in [-0.1, -0.05) is 18.2 Å². The molecule has 0 aliphatic carbocycles. The molecule has 3 atom stereocenters. The van der Waals surface area contributed by atoms with Crippen molar-refractivity contribution in [3.63, 3.8) is 0 Å². The molecule has 4 N–H and O–H groups in total. The number of carbonyl (C=O) groups is 3. The van der Waals surface area contributed by atoms with Crippen LogP contribution in [0.2, 0.25) is 0 Å². The Hall–Kier alpha value is -2.97. The van der Waals surface area contributed by atoms with Gasteiger partial charge in [-0.05, 0) is 31.1 Å². The summed E-state index contributed by atoms with van der Waals surface area (Å²) in [6.45, 7) is 1.64. The van der Waals surface area contributed by atoms with Crippen molar-refractivity contribution in [1.82, 2.24) is 0 Å². The summed E-state index contributed by atoms with van der Waals surface area (Å²) in [5, 5.41) is 33.0. The highest BCUT2D eigenvalue weighted by Gasteiger charge is 2.23. The van der Waals surface area contributed by atoms with E-state index in [1.165, 1.54) is 24.3 Å². The van der Waals surface area contributed by atoms with Gasteiger partial charge in [0.05, 0.1) is 12.6 Å². The second kappa shape index (κ2) is 9.82. The average Bonchev–Trinajstić information content (AvgIpc) is 2.64. The molecule has 1 heterocycles. The molecule has 1 aromatic carbocycles. The number of anilines is 1. The zero-order valence-electron chi connectivity index (χ0n) is 15.4. The van der Waals surface area contributed by atoms with Crippen molar-refractivity contribution in [3.8, 4) is 5.75 Å². The maximum atomic E-state index is 12.5. The molecule has 0 spiro atoms. The van der Waals surface area contributed by atoms with E-state index in [-0.39, 0.29) is 30.7 Å². The predicted octanol–water partition coefficient (Wildman–Crippen LogP) is 1.20. The van der Waals surface area contributed by atoms with E-state index >= 15 is 0 Å². The summed E-state index contributed by atoms with van der Waals surface area (Å²) < 4.78 is 5.32. The van der Waals surface area contributed by atoms with Gasteiger partial charge in [0.15, 0.2) is 5.78 Å². The van der Waals surface area contributed by atoms with Crippen LogP contribution < -0.4 is 5.32 Å². The Balaban J connectivity index is 2.44. The lowest BCUT2D eigenvalue weighted by Crippen LogP contribution is -2.32. The van der Waals surface area contributed by atoms with E-state index in [0.29, 0.717) is 17.5 Å². The molecule has 0 saturated heterocycles. The van der Waals surface area contributed by atoms with Crippen molar-refractivity contribution in [2.75, 3.05) is 11.9 Å². The third-order valence-electron chi connectivity index (χ3n) is 4.13. The highest BCUT2D eigenvalue weighted by atomic mass is 16.5. The van der Waals surface area contributed by atoms with Gasteiger partial charge in [-0.2, -0.15) is 0 Å². The first kappa shape index (κ1) is 21.3. The Bertz CT molecular complexity index is 800. The van der Waals surface area contributed by atoms with Crippen LogP contribution in [0.25, 0.3) is 6.08 Å². The molecule has 1 aliphatic rings. The molecule has 0 fully saturated rings. The first-order chi connectivity index (χ1) is 13.3. The van der Waals surface area contributed by atoms with Gasteiger partial charge in [0.1, 0.15) is 29.8 Å². The van der Waals surface area contributed by atoms with Crippen LogP contribution in [0.15, 0.2) is 30.4 Å². The number of fused-ring (bicyclic) bond motifs is 1. The van der Waals surface area contributed by atoms with Crippen molar-refractivity contribution in [1.29, 1.82) is 0 Å². The first-order valence-electron chi connectivity index (χ1n) is 8.82. The highest BCUT2D eigenvalue weighted by molar-refractivity contribution is 5.97. The molecule has 0 aromatic heterocycles. The van der Waals surface area contributed by atoms with E-state index in [1.807, 2.05) is 0 Å². The fraction of sp³-hybridized carbons (Fsp3) is 0.350. The summed E-state index contributed by atoms with van der Waals surface area (Å²) in [4.78, 5) is 34.9. The van der Waals surface area contributed by atoms with E-state index < -0.39 is 30.1 Å². The van der Waals surface area contributed by atoms with Crippen molar-refractivity contribution >= 4 is 29.8 Å². The molecule has 150 valence electrons. The zero-order valence-corrected chi connectivity index (χ0v) is 15.4. The second-order valence-electron chi connectivity index (χ2n) is 6.41. The number of phenols is 1. The summed E-state index contributed by atoms with van der Waals surface area (Å²) in [6.07, 6.45) is 2.84. The standard InChI is InChI=1S/C20H23NO7/c1-12-4-2-6-15(23)19(26)16(24)7-3-5-13-10-14(21-8-9-22)11-17(25)18(13)20(27)28-12/h2-3,5-6,9-12,16,19,21,24-26H,4,7-8H2,1H3/b5-3+,6-2-. The van der Waals surface area contributed by atoms with Crippen LogP contribution in [0.3, 0.4) is 0 Å². The molecule has 3 unspecified atom stereocenters. The van der Waals surface area contributed by atoms with Crippen LogP contribution in [0.5, 0.6) is 5.75 Å². The fourth-order valence-corrected chi connectivity index (χ4v) is 2.68. The number of aliphatic hydroxyl groups is 2. The highest BCUT2D eigenvalue weighted by Crippen LogP contribution is 2.29. The summed E-state index contributed by atoms with van der Waals surface area (Å²) in [5.74, 6) is -1.72. The molecule has 0 saturated carbocycles. The van der Waals surface area contributed by atoms with Gasteiger partial charge in [0.2, 0.25) is 0 Å². The van der Waals surface area contributed by atoms with Crippen LogP contribution in [-0.4, -0.2) is 58.2 Å². The average molecular weight is 389 g/mol. The molecule has 2 rings (SSSR count). The van der Waals surface area contributed by atoms with Crippen molar-refractivity contribution in [2.45, 2.75) is 38.1 Å². The third-order valence-corrected chi connectivity index (χ3v) is 4.13. The Morgan fingerprint density at radius 3 is 2.61 bits per heavy atom. The van der Waals surface area contributed by atoms with Gasteiger partial charge in [-0.25, -0.2) is 4.79 Å². The fourth-order valence-electron chi connectivity index (χ4n) is 2.68. The number of cyclic esters (lactones) is 1. The number of nitrogens with one attached hydrogen (secondary N) is 1. The summed E-state index contributed by atoms with van der Waals surface area (Å²) in [7, 11) is 0. The number of aromatic hydroxyl groups is 1. The summed E-state index contributed by atoms with van der Waals surface area (Å²) in [6, 6.07) is 2.85. The number of esters is 1. The van der Waals surface area contributed by atoms with Crippen LogP contribution >= 0.6 is 0 Å². The number of phenolic OH excluding ortho intramolecular Hbond substituents is 1. The largest absolute Gasteiger partial charge is 0.507 e. The van der Waals surface area contributed by atoms with Crippen LogP contribution in [0.1, 0.15) is 35.7 Å². The molecule has 8 nitrogen and oxygen atoms in total. The quantitative estimate of drug-likeness (QED) is 0.448. The molecule has 0 bridgehead atoms. The van der Waals surface area contributed by atoms with Gasteiger partial charge in [0.25, 0.3) is 0 Å². The molecule has 0 radical (unpaired) electrons. The monoisotopic (exact) mass is 389 g/mol. The summed E-state index contributed by atoms with van der Waals surface area (Å²) >= 11 is 0. The molecule has 0 amide bonds. The second-order valence-corrected chi connectivity index (χ2v) is 6.41. The minimum atomic E-state index is -1.57. The van der Waals surface area contributed by atoms with E-state index in [2.05, 4.69) is 5.32 Å². The van der Waals surface area contributed by atoms with Gasteiger partial charge >= 0.3 is 5.97 Å². The molecule has 1 aliphatic heterocycles. The Morgan fingerprint density at radius 1 is 1.18 bits per heavy atom. The zero-order chi connectivity index (χ0) is 20.7. The van der Waals surface area contributed by atoms with Crippen molar-refractivity contribution in [3.05, 3.63) is 41.5 Å². The molecule has 8 heteroatoms. The Labute approximate surface area is 162 Å². The first-order valence-corrected chi connectivity index (χ1v) is 8.82. The number of aldehydes is 1.